The molecule has 34 heavy (non-hydrogen) atoms. The maximum Gasteiger partial charge on any atom is 0.282 e. The second-order valence-corrected chi connectivity index (χ2v) is 9.72. The second kappa shape index (κ2) is 8.70. The van der Waals surface area contributed by atoms with Crippen LogP contribution in [0.4, 0.5) is 5.69 Å². The van der Waals surface area contributed by atoms with Crippen molar-refractivity contribution in [2.45, 2.75) is 12.5 Å². The van der Waals surface area contributed by atoms with Gasteiger partial charge in [-0.25, -0.2) is 4.98 Å². The van der Waals surface area contributed by atoms with E-state index in [2.05, 4.69) is 51.3 Å². The first kappa shape index (κ1) is 21.1. The summed E-state index contributed by atoms with van der Waals surface area (Å²) in [5.41, 5.74) is 4.31. The molecule has 2 saturated heterocycles. The van der Waals surface area contributed by atoms with Gasteiger partial charge < -0.3 is 14.8 Å². The van der Waals surface area contributed by atoms with Gasteiger partial charge in [-0.3, -0.25) is 14.5 Å². The molecule has 0 spiro atoms. The Morgan fingerprint density at radius 3 is 2.74 bits per heavy atom. The summed E-state index contributed by atoms with van der Waals surface area (Å²) in [7, 11) is 0. The Morgan fingerprint density at radius 2 is 1.91 bits per heavy atom. The number of hydrogen-bond donors (Lipinski definition) is 1. The molecule has 4 aromatic rings. The summed E-state index contributed by atoms with van der Waals surface area (Å²) in [6.07, 6.45) is 4.13. The fraction of sp³-hybridized carbons (Fsp3) is 0.269. The Labute approximate surface area is 201 Å². The van der Waals surface area contributed by atoms with Crippen molar-refractivity contribution >= 4 is 39.7 Å². The van der Waals surface area contributed by atoms with Gasteiger partial charge in [0.05, 0.1) is 0 Å². The van der Waals surface area contributed by atoms with E-state index in [4.69, 9.17) is 0 Å². The number of aromatic amines is 1. The maximum absolute atomic E-state index is 13.0. The molecule has 0 radical (unpaired) electrons. The highest BCUT2D eigenvalue weighted by Crippen LogP contribution is 2.32. The molecular formula is C26H25N5O2S. The van der Waals surface area contributed by atoms with E-state index in [0.717, 1.165) is 35.4 Å². The van der Waals surface area contributed by atoms with Gasteiger partial charge in [-0.2, -0.15) is 0 Å². The smallest absolute Gasteiger partial charge is 0.282 e. The van der Waals surface area contributed by atoms with Crippen LogP contribution in [0.15, 0.2) is 66.3 Å². The van der Waals surface area contributed by atoms with Crippen LogP contribution in [-0.2, 0) is 4.79 Å². The third kappa shape index (κ3) is 3.78. The molecule has 6 rings (SSSR count). The largest absolute Gasteiger partial charge is 0.361 e. The number of hydrogen-bond acceptors (Lipinski definition) is 5. The number of nitrogens with zero attached hydrogens (tertiary/aromatic N) is 4. The fourth-order valence-electron chi connectivity index (χ4n) is 5.12. The van der Waals surface area contributed by atoms with Crippen molar-refractivity contribution in [3.05, 3.63) is 71.3 Å². The number of benzene rings is 2. The van der Waals surface area contributed by atoms with Crippen LogP contribution in [0.2, 0.25) is 0 Å². The van der Waals surface area contributed by atoms with Crippen molar-refractivity contribution in [3.63, 3.8) is 0 Å². The normalized spacial score (nSPS) is 19.3. The first-order valence-corrected chi connectivity index (χ1v) is 12.4. The lowest BCUT2D eigenvalue weighted by Crippen LogP contribution is -2.52. The van der Waals surface area contributed by atoms with Gasteiger partial charge in [-0.1, -0.05) is 24.3 Å². The summed E-state index contributed by atoms with van der Waals surface area (Å²) in [6.45, 7) is 3.56. The molecule has 2 aromatic carbocycles. The van der Waals surface area contributed by atoms with Crippen LogP contribution in [0.25, 0.3) is 22.0 Å². The number of anilines is 1. The molecule has 0 aliphatic carbocycles. The van der Waals surface area contributed by atoms with Gasteiger partial charge in [0, 0.05) is 79.6 Å². The lowest BCUT2D eigenvalue weighted by Gasteiger charge is -2.37. The highest BCUT2D eigenvalue weighted by molar-refractivity contribution is 7.11. The molecule has 2 fully saturated rings. The Morgan fingerprint density at radius 1 is 1.06 bits per heavy atom. The zero-order valence-corrected chi connectivity index (χ0v) is 19.5. The van der Waals surface area contributed by atoms with Crippen LogP contribution in [0, 0.1) is 0 Å². The number of H-pyrrole nitrogens is 1. The maximum atomic E-state index is 13.0. The molecule has 2 aliphatic rings. The highest BCUT2D eigenvalue weighted by atomic mass is 32.1. The predicted octanol–water partition coefficient (Wildman–Crippen LogP) is 3.85. The standard InChI is InChI=1S/C26H25N5O2S/c32-24-16-20(29-10-12-30(13-11-29)26(33)25-28-9-14-34-25)17-31(24)19-4-1-3-18(15-19)21-5-2-6-23-22(21)7-8-27-23/h1-9,14-15,20,27H,10-13,16-17H2. The third-order valence-corrected chi connectivity index (χ3v) is 7.66. The number of amides is 2. The second-order valence-electron chi connectivity index (χ2n) is 8.82. The minimum Gasteiger partial charge on any atom is -0.361 e. The molecule has 2 amide bonds. The van der Waals surface area contributed by atoms with Gasteiger partial charge in [-0.15, -0.1) is 11.3 Å². The van der Waals surface area contributed by atoms with E-state index < -0.39 is 0 Å². The van der Waals surface area contributed by atoms with E-state index in [9.17, 15) is 9.59 Å². The minimum atomic E-state index is 0.00744. The summed E-state index contributed by atoms with van der Waals surface area (Å²) >= 11 is 1.38. The van der Waals surface area contributed by atoms with E-state index in [1.54, 1.807) is 6.20 Å². The Hall–Kier alpha value is -3.49. The van der Waals surface area contributed by atoms with E-state index in [-0.39, 0.29) is 17.9 Å². The summed E-state index contributed by atoms with van der Waals surface area (Å²) in [5, 5.41) is 3.55. The molecule has 1 unspecified atom stereocenters. The molecule has 172 valence electrons. The average molecular weight is 472 g/mol. The molecule has 0 bridgehead atoms. The number of carbonyl (C=O) groups excluding carboxylic acids is 2. The lowest BCUT2D eigenvalue weighted by molar-refractivity contribution is -0.117. The Bertz CT molecular complexity index is 1340. The number of nitrogens with one attached hydrogen (secondary N) is 1. The average Bonchev–Trinajstić information content (AvgIpc) is 3.64. The first-order chi connectivity index (χ1) is 16.7. The van der Waals surface area contributed by atoms with Gasteiger partial charge in [0.2, 0.25) is 5.91 Å². The topological polar surface area (TPSA) is 72.5 Å². The van der Waals surface area contributed by atoms with E-state index >= 15 is 0 Å². The molecule has 8 heteroatoms. The van der Waals surface area contributed by atoms with Crippen LogP contribution in [0.1, 0.15) is 16.2 Å². The molecule has 1 N–H and O–H groups in total. The van der Waals surface area contributed by atoms with E-state index in [0.29, 0.717) is 31.1 Å². The van der Waals surface area contributed by atoms with Crippen molar-refractivity contribution in [1.29, 1.82) is 0 Å². The van der Waals surface area contributed by atoms with Crippen molar-refractivity contribution in [2.24, 2.45) is 0 Å². The lowest BCUT2D eigenvalue weighted by atomic mass is 10.0. The fourth-order valence-corrected chi connectivity index (χ4v) is 5.72. The number of piperazine rings is 1. The van der Waals surface area contributed by atoms with Gasteiger partial charge >= 0.3 is 0 Å². The SMILES string of the molecule is O=C(c1nccs1)N1CCN(C2CC(=O)N(c3cccc(-c4cccc5[nH]ccc45)c3)C2)CC1. The number of rotatable bonds is 4. The van der Waals surface area contributed by atoms with Crippen LogP contribution >= 0.6 is 11.3 Å². The third-order valence-electron chi connectivity index (χ3n) is 6.90. The van der Waals surface area contributed by atoms with Crippen molar-refractivity contribution in [3.8, 4) is 11.1 Å². The van der Waals surface area contributed by atoms with E-state index in [1.165, 1.54) is 16.7 Å². The van der Waals surface area contributed by atoms with Crippen LogP contribution < -0.4 is 4.90 Å². The molecule has 7 nitrogen and oxygen atoms in total. The van der Waals surface area contributed by atoms with E-state index in [1.807, 2.05) is 33.5 Å². The number of thiazole rings is 1. The molecule has 0 saturated carbocycles. The van der Waals surface area contributed by atoms with Crippen LogP contribution in [-0.4, -0.2) is 70.3 Å². The quantitative estimate of drug-likeness (QED) is 0.491. The van der Waals surface area contributed by atoms with Crippen LogP contribution in [0.5, 0.6) is 0 Å². The van der Waals surface area contributed by atoms with Crippen LogP contribution in [0.3, 0.4) is 0 Å². The molecule has 2 aromatic heterocycles. The van der Waals surface area contributed by atoms with Gasteiger partial charge in [0.15, 0.2) is 5.01 Å². The molecule has 4 heterocycles. The Balaban J connectivity index is 1.15. The number of aromatic nitrogens is 2. The highest BCUT2D eigenvalue weighted by Gasteiger charge is 2.36. The predicted molar refractivity (Wildman–Crippen MR) is 134 cm³/mol. The number of carbonyl (C=O) groups is 2. The number of fused-ring (bicyclic) bond motifs is 1. The summed E-state index contributed by atoms with van der Waals surface area (Å²) < 4.78 is 0. The van der Waals surface area contributed by atoms with Gasteiger partial charge in [-0.05, 0) is 35.4 Å². The van der Waals surface area contributed by atoms with Crippen molar-refractivity contribution in [1.82, 2.24) is 19.8 Å². The summed E-state index contributed by atoms with van der Waals surface area (Å²) in [6, 6.07) is 16.8. The molecule has 2 aliphatic heterocycles. The van der Waals surface area contributed by atoms with Gasteiger partial charge in [0.1, 0.15) is 0 Å². The minimum absolute atomic E-state index is 0.00744. The summed E-state index contributed by atoms with van der Waals surface area (Å²) in [5.74, 6) is 0.163. The Kier molecular flexibility index (Phi) is 5.39. The zero-order chi connectivity index (χ0) is 23.1. The summed E-state index contributed by atoms with van der Waals surface area (Å²) in [4.78, 5) is 39.1. The zero-order valence-electron chi connectivity index (χ0n) is 18.7. The monoisotopic (exact) mass is 471 g/mol. The molecular weight excluding hydrogens is 446 g/mol. The molecule has 1 atom stereocenters. The van der Waals surface area contributed by atoms with Gasteiger partial charge in [0.25, 0.3) is 5.91 Å². The van der Waals surface area contributed by atoms with Crippen molar-refractivity contribution < 1.29 is 9.59 Å². The first-order valence-electron chi connectivity index (χ1n) is 11.6. The van der Waals surface area contributed by atoms with Crippen molar-refractivity contribution in [2.75, 3.05) is 37.6 Å².